The normalized spacial score (nSPS) is 11.9. The van der Waals surface area contributed by atoms with Gasteiger partial charge in [0.1, 0.15) is 0 Å². The largest absolute Gasteiger partial charge is 0.504 e. The zero-order valence-corrected chi connectivity index (χ0v) is 12.5. The molecule has 0 aliphatic carbocycles. The third-order valence-electron chi connectivity index (χ3n) is 3.41. The van der Waals surface area contributed by atoms with E-state index >= 15 is 0 Å². The number of aromatic hydroxyl groups is 1. The molecule has 4 heteroatoms. The molecule has 1 rings (SSSR count). The summed E-state index contributed by atoms with van der Waals surface area (Å²) in [6.45, 7) is 4.71. The summed E-state index contributed by atoms with van der Waals surface area (Å²) in [5.41, 5.74) is 0.394. The molecule has 0 saturated heterocycles. The van der Waals surface area contributed by atoms with Gasteiger partial charge in [0.15, 0.2) is 11.5 Å². The van der Waals surface area contributed by atoms with E-state index in [4.69, 9.17) is 9.47 Å². The molecule has 0 fully saturated rings. The molecular weight excluding hydrogens is 256 g/mol. The Labute approximate surface area is 120 Å². The van der Waals surface area contributed by atoms with E-state index in [0.717, 1.165) is 25.7 Å². The molecular formula is C16H24O4. The highest BCUT2D eigenvalue weighted by atomic mass is 16.5. The van der Waals surface area contributed by atoms with E-state index in [1.807, 2.05) is 0 Å². The maximum atomic E-state index is 12.0. The molecule has 0 aromatic heterocycles. The first-order chi connectivity index (χ1) is 9.62. The van der Waals surface area contributed by atoms with Crippen LogP contribution in [0.2, 0.25) is 0 Å². The van der Waals surface area contributed by atoms with Crippen molar-refractivity contribution in [1.82, 2.24) is 0 Å². The van der Waals surface area contributed by atoms with Crippen molar-refractivity contribution in [2.24, 2.45) is 5.92 Å². The average Bonchev–Trinajstić information content (AvgIpc) is 2.47. The van der Waals surface area contributed by atoms with Gasteiger partial charge in [0.05, 0.1) is 19.3 Å². The molecule has 1 N–H and O–H groups in total. The molecule has 0 heterocycles. The predicted octanol–water partition coefficient (Wildman–Crippen LogP) is 3.77. The summed E-state index contributed by atoms with van der Waals surface area (Å²) in [6, 6.07) is 4.46. The molecule has 1 aromatic rings. The Kier molecular flexibility index (Phi) is 6.91. The molecule has 0 saturated carbocycles. The minimum atomic E-state index is -0.377. The molecule has 4 nitrogen and oxygen atoms in total. The second kappa shape index (κ2) is 8.46. The summed E-state index contributed by atoms with van der Waals surface area (Å²) < 4.78 is 10.3. The number of phenolic OH excluding ortho intramolecular Hbond substituents is 1. The fraction of sp³-hybridized carbons (Fsp3) is 0.562. The molecule has 0 bridgehead atoms. The van der Waals surface area contributed by atoms with Gasteiger partial charge in [0.2, 0.25) is 0 Å². The standard InChI is InChI=1S/C16H24O4/c1-4-6-7-12(5-2)11-20-16(18)13-8-9-14(17)15(10-13)19-3/h8-10,12,17H,4-7,11H2,1-3H3. The van der Waals surface area contributed by atoms with Crippen LogP contribution in [0.3, 0.4) is 0 Å². The first kappa shape index (κ1) is 16.3. The molecule has 1 aromatic carbocycles. The number of carbonyl (C=O) groups excluding carboxylic acids is 1. The van der Waals surface area contributed by atoms with Crippen molar-refractivity contribution in [2.45, 2.75) is 39.5 Å². The quantitative estimate of drug-likeness (QED) is 0.736. The number of unbranched alkanes of at least 4 members (excludes halogenated alkanes) is 1. The van der Waals surface area contributed by atoms with E-state index in [9.17, 15) is 9.90 Å². The average molecular weight is 280 g/mol. The molecule has 20 heavy (non-hydrogen) atoms. The molecule has 112 valence electrons. The Bertz CT molecular complexity index is 428. The highest BCUT2D eigenvalue weighted by molar-refractivity contribution is 5.90. The Morgan fingerprint density at radius 1 is 1.35 bits per heavy atom. The van der Waals surface area contributed by atoms with Crippen molar-refractivity contribution in [1.29, 1.82) is 0 Å². The van der Waals surface area contributed by atoms with Gasteiger partial charge in [-0.3, -0.25) is 0 Å². The summed E-state index contributed by atoms with van der Waals surface area (Å²) in [7, 11) is 1.45. The lowest BCUT2D eigenvalue weighted by atomic mass is 10.0. The SMILES string of the molecule is CCCCC(CC)COC(=O)c1ccc(O)c(OC)c1. The number of rotatable bonds is 8. The highest BCUT2D eigenvalue weighted by Crippen LogP contribution is 2.26. The molecule has 0 aliphatic rings. The van der Waals surface area contributed by atoms with E-state index in [1.54, 1.807) is 0 Å². The summed E-state index contributed by atoms with van der Waals surface area (Å²) in [4.78, 5) is 12.0. The van der Waals surface area contributed by atoms with Gasteiger partial charge in [-0.1, -0.05) is 33.1 Å². The van der Waals surface area contributed by atoms with Gasteiger partial charge >= 0.3 is 5.97 Å². The Morgan fingerprint density at radius 2 is 2.10 bits per heavy atom. The molecule has 0 aliphatic heterocycles. The van der Waals surface area contributed by atoms with E-state index in [1.165, 1.54) is 25.3 Å². The van der Waals surface area contributed by atoms with Gasteiger partial charge < -0.3 is 14.6 Å². The topological polar surface area (TPSA) is 55.8 Å². The van der Waals surface area contributed by atoms with Gasteiger partial charge in [0.25, 0.3) is 0 Å². The minimum Gasteiger partial charge on any atom is -0.504 e. The summed E-state index contributed by atoms with van der Waals surface area (Å²) in [5, 5.41) is 9.49. The highest BCUT2D eigenvalue weighted by Gasteiger charge is 2.13. The molecule has 0 radical (unpaired) electrons. The van der Waals surface area contributed by atoms with Crippen LogP contribution in [0.25, 0.3) is 0 Å². The number of ether oxygens (including phenoxy) is 2. The van der Waals surface area contributed by atoms with E-state index in [0.29, 0.717) is 18.1 Å². The number of benzene rings is 1. The molecule has 0 spiro atoms. The third kappa shape index (κ3) is 4.76. The molecule has 0 amide bonds. The second-order valence-electron chi connectivity index (χ2n) is 4.90. The van der Waals surface area contributed by atoms with E-state index < -0.39 is 0 Å². The van der Waals surface area contributed by atoms with Gasteiger partial charge in [-0.15, -0.1) is 0 Å². The van der Waals surface area contributed by atoms with Crippen molar-refractivity contribution in [3.8, 4) is 11.5 Å². The fourth-order valence-electron chi connectivity index (χ4n) is 1.98. The van der Waals surface area contributed by atoms with Crippen LogP contribution in [0.1, 0.15) is 49.9 Å². The molecule has 1 unspecified atom stereocenters. The lowest BCUT2D eigenvalue weighted by Gasteiger charge is -2.14. The number of methoxy groups -OCH3 is 1. The number of carbonyl (C=O) groups is 1. The Balaban J connectivity index is 2.57. The van der Waals surface area contributed by atoms with Crippen molar-refractivity contribution in [2.75, 3.05) is 13.7 Å². The van der Waals surface area contributed by atoms with Crippen LogP contribution >= 0.6 is 0 Å². The number of hydrogen-bond acceptors (Lipinski definition) is 4. The fourth-order valence-corrected chi connectivity index (χ4v) is 1.98. The minimum absolute atomic E-state index is 0.0124. The van der Waals surface area contributed by atoms with Crippen LogP contribution in [0.4, 0.5) is 0 Å². The van der Waals surface area contributed by atoms with Crippen molar-refractivity contribution in [3.63, 3.8) is 0 Å². The van der Waals surface area contributed by atoms with Crippen LogP contribution in [-0.2, 0) is 4.74 Å². The van der Waals surface area contributed by atoms with Crippen molar-refractivity contribution >= 4 is 5.97 Å². The summed E-state index contributed by atoms with van der Waals surface area (Å²) in [6.07, 6.45) is 4.40. The van der Waals surface area contributed by atoms with Gasteiger partial charge in [-0.25, -0.2) is 4.79 Å². The van der Waals surface area contributed by atoms with Gasteiger partial charge in [-0.2, -0.15) is 0 Å². The number of phenols is 1. The van der Waals surface area contributed by atoms with E-state index in [2.05, 4.69) is 13.8 Å². The Morgan fingerprint density at radius 3 is 2.70 bits per heavy atom. The number of hydrogen-bond donors (Lipinski definition) is 1. The first-order valence-electron chi connectivity index (χ1n) is 7.16. The lowest BCUT2D eigenvalue weighted by molar-refractivity contribution is 0.0428. The number of esters is 1. The third-order valence-corrected chi connectivity index (χ3v) is 3.41. The van der Waals surface area contributed by atoms with Crippen LogP contribution < -0.4 is 4.74 Å². The van der Waals surface area contributed by atoms with E-state index in [-0.39, 0.29) is 17.5 Å². The monoisotopic (exact) mass is 280 g/mol. The zero-order valence-electron chi connectivity index (χ0n) is 12.5. The first-order valence-corrected chi connectivity index (χ1v) is 7.16. The Hall–Kier alpha value is -1.71. The zero-order chi connectivity index (χ0) is 15.0. The van der Waals surface area contributed by atoms with Gasteiger partial charge in [-0.05, 0) is 30.5 Å². The second-order valence-corrected chi connectivity index (χ2v) is 4.90. The summed E-state index contributed by atoms with van der Waals surface area (Å²) in [5.74, 6) is 0.326. The lowest BCUT2D eigenvalue weighted by Crippen LogP contribution is -2.14. The van der Waals surface area contributed by atoms with Crippen molar-refractivity contribution < 1.29 is 19.4 Å². The maximum Gasteiger partial charge on any atom is 0.338 e. The predicted molar refractivity (Wildman–Crippen MR) is 78.2 cm³/mol. The maximum absolute atomic E-state index is 12.0. The van der Waals surface area contributed by atoms with Gasteiger partial charge in [0, 0.05) is 0 Å². The van der Waals surface area contributed by atoms with Crippen LogP contribution in [0, 0.1) is 5.92 Å². The van der Waals surface area contributed by atoms with Crippen molar-refractivity contribution in [3.05, 3.63) is 23.8 Å². The van der Waals surface area contributed by atoms with Crippen LogP contribution in [0.15, 0.2) is 18.2 Å². The van der Waals surface area contributed by atoms with Crippen LogP contribution in [-0.4, -0.2) is 24.8 Å². The van der Waals surface area contributed by atoms with Crippen LogP contribution in [0.5, 0.6) is 11.5 Å². The summed E-state index contributed by atoms with van der Waals surface area (Å²) >= 11 is 0. The smallest absolute Gasteiger partial charge is 0.338 e. The molecule has 1 atom stereocenters.